The fourth-order valence-corrected chi connectivity index (χ4v) is 3.00. The van der Waals surface area contributed by atoms with Gasteiger partial charge in [0.05, 0.1) is 0 Å². The summed E-state index contributed by atoms with van der Waals surface area (Å²) >= 11 is 1.77. The summed E-state index contributed by atoms with van der Waals surface area (Å²) in [6.07, 6.45) is 3.67. The first kappa shape index (κ1) is 10.4. The molecular formula is C14H12N2S. The van der Waals surface area contributed by atoms with Gasteiger partial charge in [0.15, 0.2) is 0 Å². The minimum absolute atomic E-state index is 0.521. The van der Waals surface area contributed by atoms with Crippen molar-refractivity contribution in [3.05, 3.63) is 53.7 Å². The van der Waals surface area contributed by atoms with E-state index in [1.54, 1.807) is 11.3 Å². The second kappa shape index (κ2) is 4.28. The van der Waals surface area contributed by atoms with E-state index in [0.717, 1.165) is 5.56 Å². The Morgan fingerprint density at radius 2 is 2.00 bits per heavy atom. The quantitative estimate of drug-likeness (QED) is 0.745. The van der Waals surface area contributed by atoms with E-state index in [1.807, 2.05) is 18.5 Å². The molecule has 3 aromatic rings. The minimum atomic E-state index is 0.521. The molecule has 0 atom stereocenters. The van der Waals surface area contributed by atoms with Crippen molar-refractivity contribution >= 4 is 21.4 Å². The molecule has 0 radical (unpaired) electrons. The smallest absolute Gasteiger partial charge is 0.0349 e. The van der Waals surface area contributed by atoms with Crippen molar-refractivity contribution in [2.24, 2.45) is 5.73 Å². The Labute approximate surface area is 104 Å². The second-order valence-corrected chi connectivity index (χ2v) is 4.79. The molecule has 2 heterocycles. The maximum absolute atomic E-state index is 5.76. The summed E-state index contributed by atoms with van der Waals surface area (Å²) in [7, 11) is 0. The van der Waals surface area contributed by atoms with Crippen molar-refractivity contribution < 1.29 is 0 Å². The molecule has 3 heteroatoms. The predicted molar refractivity (Wildman–Crippen MR) is 72.9 cm³/mol. The maximum Gasteiger partial charge on any atom is 0.0349 e. The third kappa shape index (κ3) is 1.73. The molecule has 3 rings (SSSR count). The van der Waals surface area contributed by atoms with Crippen molar-refractivity contribution in [3.8, 4) is 11.1 Å². The Bertz CT molecular complexity index is 658. The van der Waals surface area contributed by atoms with E-state index in [4.69, 9.17) is 5.73 Å². The van der Waals surface area contributed by atoms with Crippen LogP contribution in [0.25, 0.3) is 21.2 Å². The highest BCUT2D eigenvalue weighted by atomic mass is 32.1. The molecule has 0 aliphatic rings. The number of nitrogens with zero attached hydrogens (tertiary/aromatic N) is 1. The molecule has 17 heavy (non-hydrogen) atoms. The zero-order chi connectivity index (χ0) is 11.7. The van der Waals surface area contributed by atoms with Crippen LogP contribution in [-0.4, -0.2) is 4.98 Å². The van der Waals surface area contributed by atoms with Crippen molar-refractivity contribution in [3.63, 3.8) is 0 Å². The van der Waals surface area contributed by atoms with Crippen molar-refractivity contribution in [1.82, 2.24) is 4.98 Å². The van der Waals surface area contributed by atoms with Gasteiger partial charge in [-0.15, -0.1) is 11.3 Å². The van der Waals surface area contributed by atoms with E-state index in [1.165, 1.54) is 21.2 Å². The molecule has 1 aromatic carbocycles. The molecular weight excluding hydrogens is 228 g/mol. The van der Waals surface area contributed by atoms with E-state index in [2.05, 4.69) is 34.6 Å². The van der Waals surface area contributed by atoms with Gasteiger partial charge in [-0.1, -0.05) is 18.2 Å². The van der Waals surface area contributed by atoms with Gasteiger partial charge >= 0.3 is 0 Å². The fourth-order valence-electron chi connectivity index (χ4n) is 2.04. The molecule has 2 nitrogen and oxygen atoms in total. The summed E-state index contributed by atoms with van der Waals surface area (Å²) in [6.45, 7) is 0.521. The fraction of sp³-hybridized carbons (Fsp3) is 0.0714. The Hall–Kier alpha value is -1.71. The van der Waals surface area contributed by atoms with E-state index in [-0.39, 0.29) is 0 Å². The third-order valence-corrected chi connectivity index (χ3v) is 3.86. The number of benzene rings is 1. The van der Waals surface area contributed by atoms with Crippen LogP contribution in [0.3, 0.4) is 0 Å². The normalized spacial score (nSPS) is 10.9. The summed E-state index contributed by atoms with van der Waals surface area (Å²) in [5.74, 6) is 0. The number of pyridine rings is 1. The predicted octanol–water partition coefficient (Wildman–Crippen LogP) is 3.42. The van der Waals surface area contributed by atoms with Crippen LogP contribution >= 0.6 is 11.3 Å². The highest BCUT2D eigenvalue weighted by Gasteiger charge is 2.09. The lowest BCUT2D eigenvalue weighted by Crippen LogP contribution is -1.99. The van der Waals surface area contributed by atoms with Gasteiger partial charge in [-0.05, 0) is 28.6 Å². The Kier molecular flexibility index (Phi) is 2.63. The van der Waals surface area contributed by atoms with Gasteiger partial charge in [0.1, 0.15) is 0 Å². The number of aromatic nitrogens is 1. The van der Waals surface area contributed by atoms with Gasteiger partial charge < -0.3 is 5.73 Å². The molecule has 0 saturated heterocycles. The molecule has 0 saturated carbocycles. The number of rotatable bonds is 2. The number of hydrogen-bond donors (Lipinski definition) is 1. The van der Waals surface area contributed by atoms with E-state index < -0.39 is 0 Å². The molecule has 0 aliphatic carbocycles. The van der Waals surface area contributed by atoms with Gasteiger partial charge in [-0.2, -0.15) is 0 Å². The molecule has 2 aromatic heterocycles. The average Bonchev–Trinajstić information content (AvgIpc) is 2.82. The zero-order valence-electron chi connectivity index (χ0n) is 9.26. The maximum atomic E-state index is 5.76. The lowest BCUT2D eigenvalue weighted by atomic mass is 10.0. The van der Waals surface area contributed by atoms with Crippen LogP contribution in [0.2, 0.25) is 0 Å². The monoisotopic (exact) mass is 240 g/mol. The van der Waals surface area contributed by atoms with Gasteiger partial charge in [0, 0.05) is 34.6 Å². The lowest BCUT2D eigenvalue weighted by Gasteiger charge is -2.05. The number of nitrogens with two attached hydrogens (primary N) is 1. The Morgan fingerprint density at radius 3 is 2.88 bits per heavy atom. The first-order valence-electron chi connectivity index (χ1n) is 5.49. The molecule has 2 N–H and O–H groups in total. The average molecular weight is 240 g/mol. The highest BCUT2D eigenvalue weighted by molar-refractivity contribution is 7.17. The minimum Gasteiger partial charge on any atom is -0.326 e. The van der Waals surface area contributed by atoms with E-state index in [9.17, 15) is 0 Å². The van der Waals surface area contributed by atoms with Crippen LogP contribution in [0.15, 0.2) is 48.1 Å². The van der Waals surface area contributed by atoms with Crippen LogP contribution in [-0.2, 0) is 6.54 Å². The largest absolute Gasteiger partial charge is 0.326 e. The summed E-state index contributed by atoms with van der Waals surface area (Å²) in [5.41, 5.74) is 9.31. The molecule has 0 fully saturated rings. The van der Waals surface area contributed by atoms with Crippen LogP contribution in [0.4, 0.5) is 0 Å². The van der Waals surface area contributed by atoms with Crippen LogP contribution in [0.5, 0.6) is 0 Å². The van der Waals surface area contributed by atoms with Crippen LogP contribution in [0, 0.1) is 0 Å². The molecule has 0 aliphatic heterocycles. The third-order valence-electron chi connectivity index (χ3n) is 2.89. The van der Waals surface area contributed by atoms with Crippen molar-refractivity contribution in [2.45, 2.75) is 6.54 Å². The summed E-state index contributed by atoms with van der Waals surface area (Å²) < 4.78 is 1.31. The summed E-state index contributed by atoms with van der Waals surface area (Å²) in [4.78, 5) is 4.13. The van der Waals surface area contributed by atoms with E-state index in [0.29, 0.717) is 6.54 Å². The topological polar surface area (TPSA) is 38.9 Å². The SMILES string of the molecule is NCc1cnccc1-c1csc2ccccc12. The van der Waals surface area contributed by atoms with Crippen LogP contribution < -0.4 is 5.73 Å². The first-order valence-corrected chi connectivity index (χ1v) is 6.37. The number of hydrogen-bond acceptors (Lipinski definition) is 3. The number of thiophene rings is 1. The van der Waals surface area contributed by atoms with Crippen LogP contribution in [0.1, 0.15) is 5.56 Å². The Morgan fingerprint density at radius 1 is 1.12 bits per heavy atom. The van der Waals surface area contributed by atoms with Crippen molar-refractivity contribution in [1.29, 1.82) is 0 Å². The van der Waals surface area contributed by atoms with Gasteiger partial charge in [-0.25, -0.2) is 0 Å². The standard InChI is InChI=1S/C14H12N2S/c15-7-10-8-16-6-5-11(10)13-9-17-14-4-2-1-3-12(13)14/h1-6,8-9H,7,15H2. The van der Waals surface area contributed by atoms with Gasteiger partial charge in [-0.3, -0.25) is 4.98 Å². The second-order valence-electron chi connectivity index (χ2n) is 3.88. The highest BCUT2D eigenvalue weighted by Crippen LogP contribution is 2.34. The first-order chi connectivity index (χ1) is 8.40. The molecule has 0 spiro atoms. The molecule has 84 valence electrons. The zero-order valence-corrected chi connectivity index (χ0v) is 10.1. The summed E-state index contributed by atoms with van der Waals surface area (Å²) in [5, 5.41) is 3.48. The van der Waals surface area contributed by atoms with Gasteiger partial charge in [0.25, 0.3) is 0 Å². The van der Waals surface area contributed by atoms with Crippen molar-refractivity contribution in [2.75, 3.05) is 0 Å². The number of fused-ring (bicyclic) bond motifs is 1. The van der Waals surface area contributed by atoms with Gasteiger partial charge in [0.2, 0.25) is 0 Å². The molecule has 0 amide bonds. The van der Waals surface area contributed by atoms with E-state index >= 15 is 0 Å². The summed E-state index contributed by atoms with van der Waals surface area (Å²) in [6, 6.07) is 10.5. The molecule has 0 bridgehead atoms. The Balaban J connectivity index is 2.27. The molecule has 0 unspecified atom stereocenters. The lowest BCUT2D eigenvalue weighted by molar-refractivity contribution is 1.05.